The third-order valence-electron chi connectivity index (χ3n) is 5.53. The molecule has 2 amide bonds. The van der Waals surface area contributed by atoms with Crippen molar-refractivity contribution < 1.29 is 29.2 Å². The summed E-state index contributed by atoms with van der Waals surface area (Å²) in [5, 5.41) is 1.82. The SMILES string of the molecule is CCOC(=O)[C@]1(C)[NH2+][C@@H](c2ccc(OC)cc2)[C@@H]2C(=O)N(CC)C(=O)[C@H]21. The molecule has 2 saturated heterocycles. The van der Waals surface area contributed by atoms with Gasteiger partial charge in [0, 0.05) is 19.0 Å². The molecule has 0 unspecified atom stereocenters. The molecule has 2 N–H and O–H groups in total. The number of benzene rings is 1. The van der Waals surface area contributed by atoms with E-state index in [0.717, 1.165) is 5.56 Å². The van der Waals surface area contributed by atoms with Crippen molar-refractivity contribution in [1.29, 1.82) is 0 Å². The summed E-state index contributed by atoms with van der Waals surface area (Å²) in [6.07, 6.45) is 0. The van der Waals surface area contributed by atoms with E-state index in [2.05, 4.69) is 0 Å². The maximum absolute atomic E-state index is 12.9. The minimum absolute atomic E-state index is 0.215. The third-order valence-corrected chi connectivity index (χ3v) is 5.53. The van der Waals surface area contributed by atoms with Crippen LogP contribution in [0.1, 0.15) is 32.4 Å². The molecule has 2 fully saturated rings. The van der Waals surface area contributed by atoms with Crippen molar-refractivity contribution in [2.45, 2.75) is 32.4 Å². The predicted octanol–water partition coefficient (Wildman–Crippen LogP) is 0.256. The van der Waals surface area contributed by atoms with Gasteiger partial charge in [0.25, 0.3) is 0 Å². The van der Waals surface area contributed by atoms with Crippen molar-refractivity contribution in [3.8, 4) is 5.75 Å². The number of ether oxygens (including phenoxy) is 2. The lowest BCUT2D eigenvalue weighted by molar-refractivity contribution is -0.731. The number of hydrogen-bond donors (Lipinski definition) is 1. The van der Waals surface area contributed by atoms with Crippen LogP contribution in [-0.4, -0.2) is 48.5 Å². The van der Waals surface area contributed by atoms with Gasteiger partial charge in [-0.3, -0.25) is 14.5 Å². The van der Waals surface area contributed by atoms with Crippen LogP contribution in [0, 0.1) is 11.8 Å². The molecule has 0 saturated carbocycles. The van der Waals surface area contributed by atoms with E-state index in [-0.39, 0.29) is 24.5 Å². The molecule has 140 valence electrons. The number of esters is 1. The summed E-state index contributed by atoms with van der Waals surface area (Å²) in [5.74, 6) is -1.55. The zero-order chi connectivity index (χ0) is 19.1. The lowest BCUT2D eigenvalue weighted by Crippen LogP contribution is -2.97. The number of methoxy groups -OCH3 is 1. The average Bonchev–Trinajstić information content (AvgIpc) is 3.09. The highest BCUT2D eigenvalue weighted by Crippen LogP contribution is 2.44. The van der Waals surface area contributed by atoms with Crippen LogP contribution in [0.5, 0.6) is 5.75 Å². The maximum Gasteiger partial charge on any atom is 0.368 e. The summed E-state index contributed by atoms with van der Waals surface area (Å²) in [4.78, 5) is 39.7. The zero-order valence-corrected chi connectivity index (χ0v) is 15.5. The van der Waals surface area contributed by atoms with Crippen molar-refractivity contribution in [2.24, 2.45) is 11.8 Å². The Balaban J connectivity index is 2.04. The molecule has 7 nitrogen and oxygen atoms in total. The highest BCUT2D eigenvalue weighted by molar-refractivity contribution is 6.08. The van der Waals surface area contributed by atoms with Crippen LogP contribution in [0.4, 0.5) is 0 Å². The second-order valence-corrected chi connectivity index (χ2v) is 6.89. The van der Waals surface area contributed by atoms with Crippen molar-refractivity contribution in [3.05, 3.63) is 29.8 Å². The van der Waals surface area contributed by atoms with Gasteiger partial charge in [0.2, 0.25) is 17.4 Å². The van der Waals surface area contributed by atoms with Crippen molar-refractivity contribution >= 4 is 17.8 Å². The van der Waals surface area contributed by atoms with Gasteiger partial charge < -0.3 is 14.8 Å². The number of nitrogens with zero attached hydrogens (tertiary/aromatic N) is 1. The summed E-state index contributed by atoms with van der Waals surface area (Å²) >= 11 is 0. The van der Waals surface area contributed by atoms with E-state index < -0.39 is 23.3 Å². The molecule has 2 heterocycles. The Morgan fingerprint density at radius 2 is 1.85 bits per heavy atom. The second kappa shape index (κ2) is 6.72. The van der Waals surface area contributed by atoms with Crippen LogP contribution < -0.4 is 10.1 Å². The van der Waals surface area contributed by atoms with Gasteiger partial charge in [-0.2, -0.15) is 0 Å². The standard InChI is InChI=1S/C19H24N2O5/c1-5-21-16(22)13-14(17(21)23)19(3,18(24)26-6-2)20-15(13)11-7-9-12(25-4)10-8-11/h7-10,13-15,20H,5-6H2,1-4H3/p+1/t13-,14+,15+,19-/m1/s1. The number of fused-ring (bicyclic) bond motifs is 1. The molecular formula is C19H25N2O5+. The van der Waals surface area contributed by atoms with E-state index in [9.17, 15) is 14.4 Å². The highest BCUT2D eigenvalue weighted by Gasteiger charge is 2.70. The Bertz CT molecular complexity index is 732. The Kier molecular flexibility index (Phi) is 4.75. The molecule has 0 spiro atoms. The number of hydrogen-bond acceptors (Lipinski definition) is 5. The van der Waals surface area contributed by atoms with Crippen molar-refractivity contribution in [1.82, 2.24) is 4.90 Å². The number of carbonyl (C=O) groups is 3. The molecule has 3 rings (SSSR count). The fourth-order valence-corrected chi connectivity index (χ4v) is 4.25. The van der Waals surface area contributed by atoms with Crippen LogP contribution in [0.3, 0.4) is 0 Å². The van der Waals surface area contributed by atoms with Gasteiger partial charge in [-0.15, -0.1) is 0 Å². The smallest absolute Gasteiger partial charge is 0.368 e. The van der Waals surface area contributed by atoms with Gasteiger partial charge in [0.1, 0.15) is 23.6 Å². The lowest BCUT2D eigenvalue weighted by atomic mass is 9.80. The molecule has 0 bridgehead atoms. The minimum atomic E-state index is -1.12. The van der Waals surface area contributed by atoms with E-state index >= 15 is 0 Å². The molecule has 1 aromatic carbocycles. The molecule has 0 aliphatic carbocycles. The number of likely N-dealkylation sites (tertiary alicyclic amines) is 1. The number of carbonyl (C=O) groups excluding carboxylic acids is 3. The summed E-state index contributed by atoms with van der Waals surface area (Å²) < 4.78 is 10.4. The highest BCUT2D eigenvalue weighted by atomic mass is 16.5. The van der Waals surface area contributed by atoms with E-state index in [1.54, 1.807) is 27.9 Å². The van der Waals surface area contributed by atoms with Crippen LogP contribution >= 0.6 is 0 Å². The summed E-state index contributed by atoms with van der Waals surface area (Å²) in [7, 11) is 1.59. The van der Waals surface area contributed by atoms with E-state index in [4.69, 9.17) is 9.47 Å². The average molecular weight is 361 g/mol. The first kappa shape index (κ1) is 18.4. The number of rotatable bonds is 5. The third kappa shape index (κ3) is 2.58. The Morgan fingerprint density at radius 3 is 2.38 bits per heavy atom. The summed E-state index contributed by atoms with van der Waals surface area (Å²) in [6, 6.07) is 7.06. The van der Waals surface area contributed by atoms with Crippen molar-refractivity contribution in [3.63, 3.8) is 0 Å². The van der Waals surface area contributed by atoms with Crippen LogP contribution in [0.25, 0.3) is 0 Å². The fraction of sp³-hybridized carbons (Fsp3) is 0.526. The molecule has 26 heavy (non-hydrogen) atoms. The maximum atomic E-state index is 12.9. The second-order valence-electron chi connectivity index (χ2n) is 6.89. The van der Waals surface area contributed by atoms with Gasteiger partial charge in [0.05, 0.1) is 13.7 Å². The van der Waals surface area contributed by atoms with Gasteiger partial charge in [-0.05, 0) is 38.1 Å². The molecule has 7 heteroatoms. The van der Waals surface area contributed by atoms with Crippen LogP contribution in [0.15, 0.2) is 24.3 Å². The Hall–Kier alpha value is -2.41. The quantitative estimate of drug-likeness (QED) is 0.600. The Labute approximate surface area is 152 Å². The molecule has 0 aromatic heterocycles. The fourth-order valence-electron chi connectivity index (χ4n) is 4.25. The number of amides is 2. The predicted molar refractivity (Wildman–Crippen MR) is 92.1 cm³/mol. The number of nitrogens with two attached hydrogens (primary N) is 1. The van der Waals surface area contributed by atoms with E-state index in [0.29, 0.717) is 12.3 Å². The van der Waals surface area contributed by atoms with Gasteiger partial charge >= 0.3 is 5.97 Å². The molecule has 2 aliphatic rings. The molecule has 4 atom stereocenters. The van der Waals surface area contributed by atoms with E-state index in [1.165, 1.54) is 4.90 Å². The molecule has 1 aromatic rings. The summed E-state index contributed by atoms with van der Waals surface area (Å²) in [5.41, 5.74) is -0.241. The lowest BCUT2D eigenvalue weighted by Gasteiger charge is -2.25. The van der Waals surface area contributed by atoms with Gasteiger partial charge in [0.15, 0.2) is 0 Å². The largest absolute Gasteiger partial charge is 0.497 e. The molecule has 2 aliphatic heterocycles. The minimum Gasteiger partial charge on any atom is -0.497 e. The molecular weight excluding hydrogens is 336 g/mol. The van der Waals surface area contributed by atoms with Crippen LogP contribution in [0.2, 0.25) is 0 Å². The topological polar surface area (TPSA) is 89.5 Å². The monoisotopic (exact) mass is 361 g/mol. The van der Waals surface area contributed by atoms with Gasteiger partial charge in [-0.25, -0.2) is 4.79 Å². The van der Waals surface area contributed by atoms with Crippen LogP contribution in [-0.2, 0) is 19.1 Å². The molecule has 0 radical (unpaired) electrons. The first-order valence-electron chi connectivity index (χ1n) is 8.91. The number of imide groups is 1. The van der Waals surface area contributed by atoms with Gasteiger partial charge in [-0.1, -0.05) is 0 Å². The first-order valence-corrected chi connectivity index (χ1v) is 8.91. The van der Waals surface area contributed by atoms with Crippen molar-refractivity contribution in [2.75, 3.05) is 20.3 Å². The number of quaternary nitrogens is 1. The Morgan fingerprint density at radius 1 is 1.19 bits per heavy atom. The normalized spacial score (nSPS) is 30.5. The first-order chi connectivity index (χ1) is 12.4. The summed E-state index contributed by atoms with van der Waals surface area (Å²) in [6.45, 7) is 5.74. The zero-order valence-electron chi connectivity index (χ0n) is 15.5. The van der Waals surface area contributed by atoms with E-state index in [1.807, 2.05) is 29.6 Å².